The largest absolute Gasteiger partial charge is 0.346 e. The smallest absolute Gasteiger partial charge is 0.223 e. The van der Waals surface area contributed by atoms with Crippen molar-refractivity contribution in [2.75, 3.05) is 0 Å². The molecule has 4 rings (SSSR count). The number of benzene rings is 2. The van der Waals surface area contributed by atoms with Crippen molar-refractivity contribution in [1.82, 2.24) is 15.3 Å². The summed E-state index contributed by atoms with van der Waals surface area (Å²) in [6.45, 7) is 0. The van der Waals surface area contributed by atoms with Crippen LogP contribution in [0.3, 0.4) is 0 Å². The van der Waals surface area contributed by atoms with Crippen LogP contribution in [-0.2, 0) is 11.2 Å². The lowest BCUT2D eigenvalue weighted by Gasteiger charge is -2.27. The Balaban J connectivity index is 1.62. The molecule has 0 bridgehead atoms. The van der Waals surface area contributed by atoms with Crippen molar-refractivity contribution >= 4 is 16.9 Å². The fourth-order valence-electron chi connectivity index (χ4n) is 3.16. The molecule has 4 nitrogen and oxygen atoms in total. The normalized spacial score (nSPS) is 15.8. The van der Waals surface area contributed by atoms with Crippen LogP contribution >= 0.6 is 0 Å². The molecule has 1 aliphatic carbocycles. The maximum absolute atomic E-state index is 12.5. The van der Waals surface area contributed by atoms with Gasteiger partial charge in [0, 0.05) is 5.92 Å². The summed E-state index contributed by atoms with van der Waals surface area (Å²) in [4.78, 5) is 20.5. The molecular formula is C20H21N3O. The lowest BCUT2D eigenvalue weighted by Crippen LogP contribution is -2.38. The van der Waals surface area contributed by atoms with Gasteiger partial charge in [0.05, 0.1) is 17.1 Å². The summed E-state index contributed by atoms with van der Waals surface area (Å²) in [6, 6.07) is 18.1. The van der Waals surface area contributed by atoms with Crippen molar-refractivity contribution in [2.24, 2.45) is 5.92 Å². The predicted octanol–water partition coefficient (Wildman–Crippen LogP) is 3.76. The van der Waals surface area contributed by atoms with Crippen molar-refractivity contribution in [3.05, 3.63) is 66.0 Å². The number of aromatic nitrogens is 2. The van der Waals surface area contributed by atoms with Gasteiger partial charge in [-0.2, -0.15) is 0 Å². The number of para-hydroxylation sites is 2. The van der Waals surface area contributed by atoms with Crippen LogP contribution in [0.2, 0.25) is 0 Å². The molecular weight excluding hydrogens is 298 g/mol. The summed E-state index contributed by atoms with van der Waals surface area (Å²) in [5.41, 5.74) is 3.13. The average molecular weight is 319 g/mol. The van der Waals surface area contributed by atoms with Gasteiger partial charge in [-0.25, -0.2) is 4.98 Å². The monoisotopic (exact) mass is 319 g/mol. The van der Waals surface area contributed by atoms with Crippen LogP contribution in [0, 0.1) is 5.92 Å². The van der Waals surface area contributed by atoms with Crippen LogP contribution in [0.25, 0.3) is 11.0 Å². The van der Waals surface area contributed by atoms with Crippen LogP contribution in [0.1, 0.15) is 36.7 Å². The van der Waals surface area contributed by atoms with Gasteiger partial charge in [-0.15, -0.1) is 0 Å². The number of nitrogens with one attached hydrogen (secondary N) is 2. The molecule has 1 amide bonds. The van der Waals surface area contributed by atoms with E-state index in [2.05, 4.69) is 22.4 Å². The van der Waals surface area contributed by atoms with E-state index in [0.29, 0.717) is 0 Å². The molecule has 1 saturated carbocycles. The third-order valence-electron chi connectivity index (χ3n) is 4.81. The second kappa shape index (κ2) is 6.48. The number of fused-ring (bicyclic) bond motifs is 1. The van der Waals surface area contributed by atoms with E-state index in [1.165, 1.54) is 5.56 Å². The van der Waals surface area contributed by atoms with Crippen LogP contribution in [0.4, 0.5) is 0 Å². The van der Waals surface area contributed by atoms with E-state index in [1.54, 1.807) is 0 Å². The van der Waals surface area contributed by atoms with Crippen LogP contribution in [0.15, 0.2) is 54.6 Å². The summed E-state index contributed by atoms with van der Waals surface area (Å²) in [7, 11) is 0. The quantitative estimate of drug-likeness (QED) is 0.752. The summed E-state index contributed by atoms with van der Waals surface area (Å²) >= 11 is 0. The Morgan fingerprint density at radius 3 is 2.58 bits per heavy atom. The van der Waals surface area contributed by atoms with Gasteiger partial charge < -0.3 is 10.3 Å². The zero-order chi connectivity index (χ0) is 16.4. The number of amides is 1. The molecule has 1 heterocycles. The molecule has 2 aromatic carbocycles. The number of aromatic amines is 1. The zero-order valence-corrected chi connectivity index (χ0v) is 13.5. The molecule has 1 atom stereocenters. The molecule has 1 aromatic heterocycles. The second-order valence-electron chi connectivity index (χ2n) is 6.52. The number of H-pyrrole nitrogens is 1. The number of carbonyl (C=O) groups excluding carboxylic acids is 1. The highest BCUT2D eigenvalue weighted by Gasteiger charge is 2.28. The third kappa shape index (κ3) is 3.04. The molecule has 0 spiro atoms. The molecule has 122 valence electrons. The summed E-state index contributed by atoms with van der Waals surface area (Å²) in [5, 5.41) is 3.21. The maximum Gasteiger partial charge on any atom is 0.223 e. The van der Waals surface area contributed by atoms with E-state index in [1.807, 2.05) is 42.5 Å². The van der Waals surface area contributed by atoms with E-state index in [9.17, 15) is 4.79 Å². The van der Waals surface area contributed by atoms with Gasteiger partial charge in [0.15, 0.2) is 0 Å². The maximum atomic E-state index is 12.5. The SMILES string of the molecule is O=C(NC(Cc1ccccc1)c1nc2ccccc2[nH]1)C1CCC1. The van der Waals surface area contributed by atoms with Gasteiger partial charge in [-0.3, -0.25) is 4.79 Å². The summed E-state index contributed by atoms with van der Waals surface area (Å²) < 4.78 is 0. The van der Waals surface area contributed by atoms with E-state index >= 15 is 0 Å². The van der Waals surface area contributed by atoms with Crippen molar-refractivity contribution in [1.29, 1.82) is 0 Å². The molecule has 1 fully saturated rings. The minimum Gasteiger partial charge on any atom is -0.346 e. The summed E-state index contributed by atoms with van der Waals surface area (Å²) in [6.07, 6.45) is 3.90. The predicted molar refractivity (Wildman–Crippen MR) is 94.5 cm³/mol. The Kier molecular flexibility index (Phi) is 4.03. The fourth-order valence-corrected chi connectivity index (χ4v) is 3.16. The lowest BCUT2D eigenvalue weighted by atomic mass is 9.84. The van der Waals surface area contributed by atoms with Crippen LogP contribution in [0.5, 0.6) is 0 Å². The number of rotatable bonds is 5. The van der Waals surface area contributed by atoms with Crippen LogP contribution < -0.4 is 5.32 Å². The Hall–Kier alpha value is -2.62. The molecule has 0 radical (unpaired) electrons. The summed E-state index contributed by atoms with van der Waals surface area (Å²) in [5.74, 6) is 1.16. The number of hydrogen-bond donors (Lipinski definition) is 2. The Labute approximate surface area is 141 Å². The van der Waals surface area contributed by atoms with E-state index in [4.69, 9.17) is 4.98 Å². The zero-order valence-electron chi connectivity index (χ0n) is 13.5. The van der Waals surface area contributed by atoms with Crippen molar-refractivity contribution < 1.29 is 4.79 Å². The van der Waals surface area contributed by atoms with Gasteiger partial charge in [-0.05, 0) is 37.0 Å². The van der Waals surface area contributed by atoms with E-state index in [-0.39, 0.29) is 17.9 Å². The number of carbonyl (C=O) groups is 1. The van der Waals surface area contributed by atoms with Crippen molar-refractivity contribution in [3.63, 3.8) is 0 Å². The number of hydrogen-bond acceptors (Lipinski definition) is 2. The van der Waals surface area contributed by atoms with Gasteiger partial charge in [-0.1, -0.05) is 48.9 Å². The second-order valence-corrected chi connectivity index (χ2v) is 6.52. The molecule has 0 aliphatic heterocycles. The first kappa shape index (κ1) is 14.9. The average Bonchev–Trinajstić information content (AvgIpc) is 2.97. The lowest BCUT2D eigenvalue weighted by molar-refractivity contribution is -0.128. The topological polar surface area (TPSA) is 57.8 Å². The molecule has 0 saturated heterocycles. The molecule has 3 aromatic rings. The van der Waals surface area contributed by atoms with Crippen molar-refractivity contribution in [2.45, 2.75) is 31.7 Å². The minimum absolute atomic E-state index is 0.132. The molecule has 1 unspecified atom stereocenters. The van der Waals surface area contributed by atoms with E-state index < -0.39 is 0 Å². The van der Waals surface area contributed by atoms with Gasteiger partial charge in [0.2, 0.25) is 5.91 Å². The van der Waals surface area contributed by atoms with E-state index in [0.717, 1.165) is 42.5 Å². The number of nitrogens with zero attached hydrogens (tertiary/aromatic N) is 1. The highest BCUT2D eigenvalue weighted by Crippen LogP contribution is 2.28. The molecule has 4 heteroatoms. The fraction of sp³-hybridized carbons (Fsp3) is 0.300. The Morgan fingerprint density at radius 2 is 1.88 bits per heavy atom. The third-order valence-corrected chi connectivity index (χ3v) is 4.81. The first-order valence-electron chi connectivity index (χ1n) is 8.58. The van der Waals surface area contributed by atoms with Gasteiger partial charge in [0.25, 0.3) is 0 Å². The highest BCUT2D eigenvalue weighted by molar-refractivity contribution is 5.80. The van der Waals surface area contributed by atoms with Crippen molar-refractivity contribution in [3.8, 4) is 0 Å². The Morgan fingerprint density at radius 1 is 1.12 bits per heavy atom. The molecule has 2 N–H and O–H groups in total. The van der Waals surface area contributed by atoms with Gasteiger partial charge in [0.1, 0.15) is 5.82 Å². The van der Waals surface area contributed by atoms with Gasteiger partial charge >= 0.3 is 0 Å². The van der Waals surface area contributed by atoms with Crippen LogP contribution in [-0.4, -0.2) is 15.9 Å². The highest BCUT2D eigenvalue weighted by atomic mass is 16.2. The number of imidazole rings is 1. The molecule has 24 heavy (non-hydrogen) atoms. The first-order chi connectivity index (χ1) is 11.8. The minimum atomic E-state index is -0.132. The first-order valence-corrected chi connectivity index (χ1v) is 8.58. The Bertz CT molecular complexity index is 803. The standard InChI is InChI=1S/C20H21N3O/c24-20(15-9-6-10-15)23-18(13-14-7-2-1-3-8-14)19-21-16-11-4-5-12-17(16)22-19/h1-5,7-8,11-12,15,18H,6,9-10,13H2,(H,21,22)(H,23,24). The molecule has 1 aliphatic rings.